The summed E-state index contributed by atoms with van der Waals surface area (Å²) in [6.45, 7) is 3.87. The Morgan fingerprint density at radius 1 is 1.44 bits per heavy atom. The second-order valence-corrected chi connectivity index (χ2v) is 3.66. The van der Waals surface area contributed by atoms with Gasteiger partial charge in [-0.05, 0) is 19.4 Å². The molecule has 0 aliphatic carbocycles. The molecule has 0 aliphatic heterocycles. The normalized spacial score (nSPS) is 10.3. The van der Waals surface area contributed by atoms with Crippen LogP contribution in [0.4, 0.5) is 5.69 Å². The van der Waals surface area contributed by atoms with Gasteiger partial charge in [-0.3, -0.25) is 0 Å². The molecule has 2 heterocycles. The van der Waals surface area contributed by atoms with E-state index in [1.807, 2.05) is 6.92 Å². The highest BCUT2D eigenvalue weighted by molar-refractivity contribution is 5.92. The smallest absolute Gasteiger partial charge is 0.361 e. The summed E-state index contributed by atoms with van der Waals surface area (Å²) in [5.41, 5.74) is 6.94. The number of rotatable bonds is 3. The minimum Gasteiger partial charge on any atom is -0.461 e. The van der Waals surface area contributed by atoms with Crippen molar-refractivity contribution in [3.8, 4) is 5.95 Å². The third kappa shape index (κ3) is 2.29. The van der Waals surface area contributed by atoms with E-state index < -0.39 is 5.97 Å². The van der Waals surface area contributed by atoms with E-state index in [-0.39, 0.29) is 18.0 Å². The van der Waals surface area contributed by atoms with Crippen LogP contribution in [0.15, 0.2) is 18.6 Å². The number of nitrogens with zero attached hydrogens (tertiary/aromatic N) is 4. The molecule has 2 aromatic rings. The Morgan fingerprint density at radius 3 is 2.72 bits per heavy atom. The van der Waals surface area contributed by atoms with Crippen LogP contribution in [0.5, 0.6) is 0 Å². The van der Waals surface area contributed by atoms with Crippen LogP contribution in [0.1, 0.15) is 23.0 Å². The van der Waals surface area contributed by atoms with Crippen LogP contribution in [0.2, 0.25) is 0 Å². The van der Waals surface area contributed by atoms with Crippen molar-refractivity contribution < 1.29 is 9.53 Å². The Bertz CT molecular complexity index is 561. The molecule has 0 amide bonds. The topological polar surface area (TPSA) is 95.9 Å². The summed E-state index contributed by atoms with van der Waals surface area (Å²) in [4.78, 5) is 19.7. The summed E-state index contributed by atoms with van der Waals surface area (Å²) in [7, 11) is 0. The molecule has 0 radical (unpaired) electrons. The van der Waals surface area contributed by atoms with Crippen molar-refractivity contribution in [2.24, 2.45) is 0 Å². The second kappa shape index (κ2) is 4.82. The second-order valence-electron chi connectivity index (χ2n) is 3.66. The van der Waals surface area contributed by atoms with Gasteiger partial charge in [0.2, 0.25) is 0 Å². The molecule has 0 atom stereocenters. The van der Waals surface area contributed by atoms with Crippen LogP contribution >= 0.6 is 0 Å². The molecule has 2 rings (SSSR count). The first-order chi connectivity index (χ1) is 8.61. The van der Waals surface area contributed by atoms with Crippen LogP contribution in [0.3, 0.4) is 0 Å². The number of esters is 1. The number of ether oxygens (including phenoxy) is 1. The number of anilines is 1. The molecule has 7 nitrogen and oxygen atoms in total. The minimum absolute atomic E-state index is 0.0704. The Labute approximate surface area is 104 Å². The summed E-state index contributed by atoms with van der Waals surface area (Å²) in [6.07, 6.45) is 4.80. The maximum absolute atomic E-state index is 11.5. The fourth-order valence-corrected chi connectivity index (χ4v) is 1.35. The van der Waals surface area contributed by atoms with Gasteiger partial charge in [0.1, 0.15) is 0 Å². The first-order valence-electron chi connectivity index (χ1n) is 5.43. The molecule has 0 fully saturated rings. The van der Waals surface area contributed by atoms with Gasteiger partial charge in [0.25, 0.3) is 5.95 Å². The summed E-state index contributed by atoms with van der Waals surface area (Å²) in [5, 5.41) is 4.02. The zero-order valence-electron chi connectivity index (χ0n) is 10.1. The van der Waals surface area contributed by atoms with Gasteiger partial charge in [-0.25, -0.2) is 19.4 Å². The van der Waals surface area contributed by atoms with Crippen LogP contribution in [0, 0.1) is 6.92 Å². The molecule has 7 heteroatoms. The molecule has 2 N–H and O–H groups in total. The fourth-order valence-electron chi connectivity index (χ4n) is 1.35. The van der Waals surface area contributed by atoms with Crippen LogP contribution in [-0.4, -0.2) is 32.3 Å². The van der Waals surface area contributed by atoms with Crippen molar-refractivity contribution in [2.45, 2.75) is 13.8 Å². The summed E-state index contributed by atoms with van der Waals surface area (Å²) < 4.78 is 6.19. The average Bonchev–Trinajstić information content (AvgIpc) is 2.72. The predicted molar refractivity (Wildman–Crippen MR) is 64.3 cm³/mol. The van der Waals surface area contributed by atoms with Gasteiger partial charge in [-0.2, -0.15) is 5.10 Å². The maximum Gasteiger partial charge on any atom is 0.361 e. The van der Waals surface area contributed by atoms with E-state index in [1.54, 1.807) is 19.3 Å². The molecule has 94 valence electrons. The molecule has 2 aromatic heterocycles. The lowest BCUT2D eigenvalue weighted by molar-refractivity contribution is 0.0520. The third-order valence-electron chi connectivity index (χ3n) is 2.18. The number of aromatic nitrogens is 4. The molecule has 0 saturated carbocycles. The summed E-state index contributed by atoms with van der Waals surface area (Å²) in [5.74, 6) is -0.205. The summed E-state index contributed by atoms with van der Waals surface area (Å²) >= 11 is 0. The van der Waals surface area contributed by atoms with Gasteiger partial charge in [0, 0.05) is 12.4 Å². The van der Waals surface area contributed by atoms with E-state index in [1.165, 1.54) is 10.9 Å². The Morgan fingerprint density at radius 2 is 2.11 bits per heavy atom. The van der Waals surface area contributed by atoms with Crippen molar-refractivity contribution in [1.29, 1.82) is 0 Å². The quantitative estimate of drug-likeness (QED) is 0.803. The Kier molecular flexibility index (Phi) is 3.22. The van der Waals surface area contributed by atoms with E-state index in [4.69, 9.17) is 10.5 Å². The van der Waals surface area contributed by atoms with E-state index in [0.717, 1.165) is 5.56 Å². The number of carbonyl (C=O) groups excluding carboxylic acids is 1. The SMILES string of the molecule is CCOC(=O)c1nn(-c2ncc(C)cn2)cc1N. The Balaban J connectivity index is 2.34. The molecule has 0 unspecified atom stereocenters. The highest BCUT2D eigenvalue weighted by Gasteiger charge is 2.17. The maximum atomic E-state index is 11.5. The number of nitrogens with two attached hydrogens (primary N) is 1. The number of aryl methyl sites for hydroxylation is 1. The first kappa shape index (κ1) is 12.0. The number of hydrogen-bond donors (Lipinski definition) is 1. The third-order valence-corrected chi connectivity index (χ3v) is 2.18. The van der Waals surface area contributed by atoms with E-state index in [9.17, 15) is 4.79 Å². The van der Waals surface area contributed by atoms with Gasteiger partial charge >= 0.3 is 5.97 Å². The molecular weight excluding hydrogens is 234 g/mol. The molecular formula is C11H13N5O2. The number of hydrogen-bond acceptors (Lipinski definition) is 6. The van der Waals surface area contributed by atoms with Gasteiger partial charge in [0.15, 0.2) is 5.69 Å². The number of carbonyl (C=O) groups is 1. The lowest BCUT2D eigenvalue weighted by atomic mass is 10.4. The lowest BCUT2D eigenvalue weighted by Gasteiger charge is -1.99. The van der Waals surface area contributed by atoms with Crippen LogP contribution in [-0.2, 0) is 4.74 Å². The van der Waals surface area contributed by atoms with Crippen molar-refractivity contribution in [1.82, 2.24) is 19.7 Å². The van der Waals surface area contributed by atoms with Gasteiger partial charge in [-0.15, -0.1) is 0 Å². The van der Waals surface area contributed by atoms with Gasteiger partial charge in [0.05, 0.1) is 18.5 Å². The number of nitrogen functional groups attached to an aromatic ring is 1. The lowest BCUT2D eigenvalue weighted by Crippen LogP contribution is -2.09. The molecule has 0 bridgehead atoms. The van der Waals surface area contributed by atoms with E-state index >= 15 is 0 Å². The molecule has 0 saturated heterocycles. The van der Waals surface area contributed by atoms with Crippen molar-refractivity contribution in [2.75, 3.05) is 12.3 Å². The molecule has 0 aromatic carbocycles. The van der Waals surface area contributed by atoms with Crippen LogP contribution in [0.25, 0.3) is 5.95 Å². The van der Waals surface area contributed by atoms with Crippen molar-refractivity contribution >= 4 is 11.7 Å². The monoisotopic (exact) mass is 247 g/mol. The van der Waals surface area contributed by atoms with Crippen LogP contribution < -0.4 is 5.73 Å². The molecule has 0 spiro atoms. The summed E-state index contributed by atoms with van der Waals surface area (Å²) in [6, 6.07) is 0. The van der Waals surface area contributed by atoms with Crippen molar-refractivity contribution in [3.05, 3.63) is 29.8 Å². The van der Waals surface area contributed by atoms with E-state index in [2.05, 4.69) is 15.1 Å². The Hall–Kier alpha value is -2.44. The highest BCUT2D eigenvalue weighted by Crippen LogP contribution is 2.12. The largest absolute Gasteiger partial charge is 0.461 e. The highest BCUT2D eigenvalue weighted by atomic mass is 16.5. The zero-order chi connectivity index (χ0) is 13.1. The van der Waals surface area contributed by atoms with Gasteiger partial charge in [-0.1, -0.05) is 0 Å². The minimum atomic E-state index is -0.555. The predicted octanol–water partition coefficient (Wildman–Crippen LogP) is 0.730. The van der Waals surface area contributed by atoms with E-state index in [0.29, 0.717) is 5.95 Å². The fraction of sp³-hybridized carbons (Fsp3) is 0.273. The molecule has 18 heavy (non-hydrogen) atoms. The van der Waals surface area contributed by atoms with Crippen molar-refractivity contribution in [3.63, 3.8) is 0 Å². The molecule has 0 aliphatic rings. The average molecular weight is 247 g/mol. The standard InChI is InChI=1S/C11H13N5O2/c1-3-18-10(17)9-8(12)6-16(15-9)11-13-4-7(2)5-14-11/h4-6H,3,12H2,1-2H3. The first-order valence-corrected chi connectivity index (χ1v) is 5.43. The van der Waals surface area contributed by atoms with Gasteiger partial charge < -0.3 is 10.5 Å². The zero-order valence-corrected chi connectivity index (χ0v) is 10.1.